The summed E-state index contributed by atoms with van der Waals surface area (Å²) in [6.07, 6.45) is 1.55. The molecule has 1 aliphatic rings. The van der Waals surface area contributed by atoms with Crippen LogP contribution in [0.25, 0.3) is 11.1 Å². The molecule has 0 unspecified atom stereocenters. The van der Waals surface area contributed by atoms with Crippen LogP contribution >= 0.6 is 11.8 Å². The van der Waals surface area contributed by atoms with Gasteiger partial charge in [0.1, 0.15) is 5.82 Å². The average molecular weight is 411 g/mol. The molecule has 7 heteroatoms. The number of rotatable bonds is 5. The molecule has 0 bridgehead atoms. The Hall–Kier alpha value is -2.80. The Morgan fingerprint density at radius 3 is 2.62 bits per heavy atom. The molecule has 1 aromatic heterocycles. The van der Waals surface area contributed by atoms with Crippen molar-refractivity contribution in [2.24, 2.45) is 10.7 Å². The maximum absolute atomic E-state index is 13.9. The second-order valence-electron chi connectivity index (χ2n) is 6.90. The molecule has 5 nitrogen and oxygen atoms in total. The molecular weight excluding hydrogens is 387 g/mol. The number of nitrogens with two attached hydrogens (primary N) is 1. The lowest BCUT2D eigenvalue weighted by atomic mass is 10.0. The Morgan fingerprint density at radius 1 is 1.10 bits per heavy atom. The number of aromatic nitrogens is 1. The third kappa shape index (κ3) is 4.98. The molecule has 150 valence electrons. The second kappa shape index (κ2) is 9.13. The third-order valence-electron chi connectivity index (χ3n) is 4.91. The molecule has 0 aliphatic carbocycles. The molecule has 0 saturated carbocycles. The van der Waals surface area contributed by atoms with E-state index in [4.69, 9.17) is 10.3 Å². The van der Waals surface area contributed by atoms with E-state index in [9.17, 15) is 4.39 Å². The van der Waals surface area contributed by atoms with Crippen LogP contribution in [0.1, 0.15) is 11.3 Å². The van der Waals surface area contributed by atoms with Crippen LogP contribution in [0.15, 0.2) is 64.1 Å². The van der Waals surface area contributed by atoms with Crippen molar-refractivity contribution in [1.29, 1.82) is 0 Å². The highest BCUT2D eigenvalue weighted by molar-refractivity contribution is 7.99. The summed E-state index contributed by atoms with van der Waals surface area (Å²) in [5.74, 6) is 2.84. The number of guanidine groups is 1. The Morgan fingerprint density at radius 2 is 1.86 bits per heavy atom. The first kappa shape index (κ1) is 19.5. The normalized spacial score (nSPS) is 14.9. The fourth-order valence-corrected chi connectivity index (χ4v) is 4.17. The second-order valence-corrected chi connectivity index (χ2v) is 8.13. The van der Waals surface area contributed by atoms with E-state index in [1.54, 1.807) is 12.1 Å². The van der Waals surface area contributed by atoms with Crippen LogP contribution in [0.5, 0.6) is 0 Å². The zero-order valence-electron chi connectivity index (χ0n) is 16.1. The average Bonchev–Trinajstić information content (AvgIpc) is 3.21. The minimum Gasteiger partial charge on any atom is -0.369 e. The lowest BCUT2D eigenvalue weighted by Gasteiger charge is -2.26. The first-order chi connectivity index (χ1) is 14.2. The lowest BCUT2D eigenvalue weighted by molar-refractivity contribution is 0.416. The van der Waals surface area contributed by atoms with E-state index < -0.39 is 0 Å². The molecule has 2 heterocycles. The summed E-state index contributed by atoms with van der Waals surface area (Å²) in [5.41, 5.74) is 9.56. The van der Waals surface area contributed by atoms with Gasteiger partial charge in [-0.2, -0.15) is 16.8 Å². The van der Waals surface area contributed by atoms with Crippen molar-refractivity contribution in [3.8, 4) is 11.1 Å². The maximum Gasteiger partial charge on any atom is 0.253 e. The highest BCUT2D eigenvalue weighted by Gasteiger charge is 2.13. The quantitative estimate of drug-likeness (QED) is 0.503. The molecule has 4 rings (SSSR count). The Balaban J connectivity index is 1.35. The Kier molecular flexibility index (Phi) is 6.14. The van der Waals surface area contributed by atoms with Gasteiger partial charge in [0.25, 0.3) is 5.88 Å². The Labute approximate surface area is 173 Å². The zero-order valence-corrected chi connectivity index (χ0v) is 16.9. The number of thioether (sulfide) groups is 1. The number of nitrogens with zero attached hydrogens (tertiary/aromatic N) is 3. The predicted octanol–water partition coefficient (Wildman–Crippen LogP) is 4.26. The fraction of sp³-hybridized carbons (Fsp3) is 0.273. The SMILES string of the molecule is NC(=Nc1cc(CCc2ccc(-c3ccccc3F)cc2)no1)N1CCSCC1. The van der Waals surface area contributed by atoms with E-state index in [2.05, 4.69) is 15.0 Å². The summed E-state index contributed by atoms with van der Waals surface area (Å²) >= 11 is 1.92. The van der Waals surface area contributed by atoms with Crippen molar-refractivity contribution in [3.63, 3.8) is 0 Å². The number of aliphatic imine (C=N–C) groups is 1. The molecule has 1 fully saturated rings. The highest BCUT2D eigenvalue weighted by Crippen LogP contribution is 2.23. The van der Waals surface area contributed by atoms with Crippen molar-refractivity contribution in [3.05, 3.63) is 71.7 Å². The standard InChI is InChI=1S/C22H23FN4OS/c23-20-4-2-1-3-19(20)17-8-5-16(6-9-17)7-10-18-15-21(28-26-18)25-22(24)27-11-13-29-14-12-27/h1-6,8-9,15H,7,10-14H2,(H2,24,25). The van der Waals surface area contributed by atoms with E-state index in [-0.39, 0.29) is 5.82 Å². The summed E-state index contributed by atoms with van der Waals surface area (Å²) in [5, 5.41) is 4.10. The van der Waals surface area contributed by atoms with E-state index in [1.165, 1.54) is 6.07 Å². The van der Waals surface area contributed by atoms with E-state index >= 15 is 0 Å². The fourth-order valence-electron chi connectivity index (χ4n) is 3.27. The summed E-state index contributed by atoms with van der Waals surface area (Å²) in [6.45, 7) is 1.81. The number of halogens is 1. The minimum absolute atomic E-state index is 0.210. The molecule has 2 N–H and O–H groups in total. The van der Waals surface area contributed by atoms with E-state index in [1.807, 2.05) is 48.2 Å². The van der Waals surface area contributed by atoms with Crippen LogP contribution < -0.4 is 5.73 Å². The van der Waals surface area contributed by atoms with Crippen LogP contribution in [0, 0.1) is 5.82 Å². The molecule has 0 radical (unpaired) electrons. The van der Waals surface area contributed by atoms with Crippen molar-refractivity contribution in [1.82, 2.24) is 10.1 Å². The van der Waals surface area contributed by atoms with Gasteiger partial charge in [-0.3, -0.25) is 0 Å². The van der Waals surface area contributed by atoms with Gasteiger partial charge in [-0.25, -0.2) is 4.39 Å². The molecule has 3 aromatic rings. The maximum atomic E-state index is 13.9. The molecule has 0 spiro atoms. The lowest BCUT2D eigenvalue weighted by Crippen LogP contribution is -2.42. The summed E-state index contributed by atoms with van der Waals surface area (Å²) < 4.78 is 19.2. The van der Waals surface area contributed by atoms with Crippen LogP contribution in [0.4, 0.5) is 10.3 Å². The van der Waals surface area contributed by atoms with Crippen LogP contribution in [0.2, 0.25) is 0 Å². The molecule has 0 atom stereocenters. The van der Waals surface area contributed by atoms with Gasteiger partial charge < -0.3 is 15.2 Å². The Bertz CT molecular complexity index is 980. The van der Waals surface area contributed by atoms with Crippen molar-refractivity contribution < 1.29 is 8.91 Å². The minimum atomic E-state index is -0.210. The van der Waals surface area contributed by atoms with Gasteiger partial charge in [0.05, 0.1) is 5.69 Å². The first-order valence-corrected chi connectivity index (χ1v) is 10.8. The van der Waals surface area contributed by atoms with E-state index in [0.29, 0.717) is 17.4 Å². The van der Waals surface area contributed by atoms with Crippen LogP contribution in [-0.2, 0) is 12.8 Å². The van der Waals surface area contributed by atoms with Crippen molar-refractivity contribution in [2.75, 3.05) is 24.6 Å². The number of hydrogen-bond acceptors (Lipinski definition) is 4. The van der Waals surface area contributed by atoms with Crippen molar-refractivity contribution in [2.45, 2.75) is 12.8 Å². The van der Waals surface area contributed by atoms with Crippen molar-refractivity contribution >= 4 is 23.6 Å². The summed E-state index contributed by atoms with van der Waals surface area (Å²) in [6, 6.07) is 16.6. The molecule has 29 heavy (non-hydrogen) atoms. The third-order valence-corrected chi connectivity index (χ3v) is 5.86. The first-order valence-electron chi connectivity index (χ1n) is 9.65. The van der Waals surface area contributed by atoms with Gasteiger partial charge in [-0.05, 0) is 30.0 Å². The molecular formula is C22H23FN4OS. The monoisotopic (exact) mass is 410 g/mol. The zero-order chi connectivity index (χ0) is 20.1. The topological polar surface area (TPSA) is 67.6 Å². The summed E-state index contributed by atoms with van der Waals surface area (Å²) in [7, 11) is 0. The van der Waals surface area contributed by atoms with Gasteiger partial charge in [-0.1, -0.05) is 47.6 Å². The van der Waals surface area contributed by atoms with Crippen LogP contribution in [-0.4, -0.2) is 40.6 Å². The number of hydrogen-bond donors (Lipinski definition) is 1. The van der Waals surface area contributed by atoms with Gasteiger partial charge in [0.15, 0.2) is 5.96 Å². The van der Waals surface area contributed by atoms with Gasteiger partial charge >= 0.3 is 0 Å². The molecule has 0 amide bonds. The molecule has 1 saturated heterocycles. The summed E-state index contributed by atoms with van der Waals surface area (Å²) in [4.78, 5) is 6.42. The highest BCUT2D eigenvalue weighted by atomic mass is 32.2. The smallest absolute Gasteiger partial charge is 0.253 e. The van der Waals surface area contributed by atoms with E-state index in [0.717, 1.165) is 54.3 Å². The molecule has 1 aliphatic heterocycles. The predicted molar refractivity (Wildman–Crippen MR) is 116 cm³/mol. The van der Waals surface area contributed by atoms with Gasteiger partial charge in [0, 0.05) is 36.2 Å². The molecule has 2 aromatic carbocycles. The number of aryl methyl sites for hydroxylation is 2. The number of benzene rings is 2. The largest absolute Gasteiger partial charge is 0.369 e. The van der Waals surface area contributed by atoms with Gasteiger partial charge in [0.2, 0.25) is 0 Å². The van der Waals surface area contributed by atoms with Gasteiger partial charge in [-0.15, -0.1) is 0 Å². The van der Waals surface area contributed by atoms with Crippen LogP contribution in [0.3, 0.4) is 0 Å².